The third-order valence-electron chi connectivity index (χ3n) is 5.80. The highest BCUT2D eigenvalue weighted by Gasteiger charge is 2.35. The summed E-state index contributed by atoms with van der Waals surface area (Å²) in [6.07, 6.45) is 2.53. The van der Waals surface area contributed by atoms with Crippen LogP contribution in [-0.4, -0.2) is 73.5 Å². The molecule has 2 aliphatic rings. The molecule has 28 heavy (non-hydrogen) atoms. The smallest absolute Gasteiger partial charge is 0.319 e. The standard InChI is InChI=1S/C21H32N4O2.ClH/c1-4-16-5-7-17(8-6-16)19-15-22-11-14-25(19)20(26)18-9-12-24(13-10-18)21(27)23(2)3;/h5-8,18-19,22H,4,9-15H2,1-3H3;1H. The second-order valence-corrected chi connectivity index (χ2v) is 7.79. The van der Waals surface area contributed by atoms with Gasteiger partial charge in [-0.25, -0.2) is 4.79 Å². The second kappa shape index (κ2) is 10.1. The minimum absolute atomic E-state index is 0. The van der Waals surface area contributed by atoms with E-state index in [0.717, 1.165) is 38.9 Å². The Balaban J connectivity index is 0.00000280. The average Bonchev–Trinajstić information content (AvgIpc) is 2.73. The number of amides is 3. The summed E-state index contributed by atoms with van der Waals surface area (Å²) in [5.74, 6) is 0.268. The van der Waals surface area contributed by atoms with Gasteiger partial charge in [0.1, 0.15) is 0 Å². The van der Waals surface area contributed by atoms with E-state index in [4.69, 9.17) is 0 Å². The van der Waals surface area contributed by atoms with Crippen molar-refractivity contribution in [3.05, 3.63) is 35.4 Å². The molecule has 1 atom stereocenters. The molecule has 0 radical (unpaired) electrons. The van der Waals surface area contributed by atoms with Gasteiger partial charge in [-0.1, -0.05) is 31.2 Å². The molecule has 2 heterocycles. The molecule has 1 N–H and O–H groups in total. The molecule has 0 aliphatic carbocycles. The van der Waals surface area contributed by atoms with E-state index in [1.807, 2.05) is 4.90 Å². The Morgan fingerprint density at radius 2 is 1.75 bits per heavy atom. The Labute approximate surface area is 174 Å². The van der Waals surface area contributed by atoms with E-state index in [2.05, 4.69) is 41.4 Å². The number of likely N-dealkylation sites (tertiary alicyclic amines) is 1. The molecule has 7 heteroatoms. The molecule has 3 amide bonds. The van der Waals surface area contributed by atoms with Crippen molar-refractivity contribution >= 4 is 24.3 Å². The summed E-state index contributed by atoms with van der Waals surface area (Å²) in [5, 5.41) is 3.43. The van der Waals surface area contributed by atoms with Crippen LogP contribution in [0.3, 0.4) is 0 Å². The van der Waals surface area contributed by atoms with Gasteiger partial charge in [-0.2, -0.15) is 0 Å². The Hall–Kier alpha value is -1.79. The van der Waals surface area contributed by atoms with Crippen molar-refractivity contribution in [2.45, 2.75) is 32.2 Å². The fourth-order valence-electron chi connectivity index (χ4n) is 4.08. The molecule has 0 spiro atoms. The highest BCUT2D eigenvalue weighted by Crippen LogP contribution is 2.28. The van der Waals surface area contributed by atoms with E-state index in [0.29, 0.717) is 13.1 Å². The Morgan fingerprint density at radius 1 is 1.11 bits per heavy atom. The number of piperazine rings is 1. The highest BCUT2D eigenvalue weighted by molar-refractivity contribution is 5.85. The average molecular weight is 409 g/mol. The molecule has 2 aliphatic heterocycles. The largest absolute Gasteiger partial charge is 0.333 e. The minimum atomic E-state index is 0. The van der Waals surface area contributed by atoms with E-state index in [1.165, 1.54) is 11.1 Å². The highest BCUT2D eigenvalue weighted by atomic mass is 35.5. The van der Waals surface area contributed by atoms with Crippen LogP contribution in [0.4, 0.5) is 4.79 Å². The van der Waals surface area contributed by atoms with Gasteiger partial charge in [-0.15, -0.1) is 12.4 Å². The van der Waals surface area contributed by atoms with Crippen LogP contribution >= 0.6 is 12.4 Å². The summed E-state index contributed by atoms with van der Waals surface area (Å²) in [4.78, 5) is 30.9. The van der Waals surface area contributed by atoms with Crippen LogP contribution in [0.25, 0.3) is 0 Å². The lowest BCUT2D eigenvalue weighted by Crippen LogP contribution is -2.52. The first-order valence-electron chi connectivity index (χ1n) is 10.1. The summed E-state index contributed by atoms with van der Waals surface area (Å²) >= 11 is 0. The molecule has 3 rings (SSSR count). The lowest BCUT2D eigenvalue weighted by Gasteiger charge is -2.40. The van der Waals surface area contributed by atoms with E-state index in [1.54, 1.807) is 19.0 Å². The Morgan fingerprint density at radius 3 is 2.32 bits per heavy atom. The van der Waals surface area contributed by atoms with Gasteiger partial charge in [0.2, 0.25) is 5.91 Å². The van der Waals surface area contributed by atoms with Crippen molar-refractivity contribution in [3.8, 4) is 0 Å². The Bertz CT molecular complexity index is 657. The molecular formula is C21H33ClN4O2. The monoisotopic (exact) mass is 408 g/mol. The molecule has 1 unspecified atom stereocenters. The molecular weight excluding hydrogens is 376 g/mol. The van der Waals surface area contributed by atoms with Crippen LogP contribution < -0.4 is 5.32 Å². The van der Waals surface area contributed by atoms with Gasteiger partial charge in [0, 0.05) is 52.7 Å². The molecule has 1 aromatic rings. The lowest BCUT2D eigenvalue weighted by molar-refractivity contribution is -0.140. The first kappa shape index (κ1) is 22.5. The number of carbonyl (C=O) groups is 2. The quantitative estimate of drug-likeness (QED) is 0.836. The van der Waals surface area contributed by atoms with Crippen LogP contribution in [0.1, 0.15) is 36.9 Å². The van der Waals surface area contributed by atoms with Gasteiger partial charge in [-0.05, 0) is 30.4 Å². The first-order valence-corrected chi connectivity index (χ1v) is 10.1. The minimum Gasteiger partial charge on any atom is -0.333 e. The predicted molar refractivity (Wildman–Crippen MR) is 114 cm³/mol. The van der Waals surface area contributed by atoms with Gasteiger partial charge < -0.3 is 20.0 Å². The summed E-state index contributed by atoms with van der Waals surface area (Å²) in [7, 11) is 3.55. The number of urea groups is 1. The lowest BCUT2D eigenvalue weighted by atomic mass is 9.93. The molecule has 1 aromatic carbocycles. The number of halogens is 1. The van der Waals surface area contributed by atoms with E-state index >= 15 is 0 Å². The van der Waals surface area contributed by atoms with Crippen molar-refractivity contribution in [1.29, 1.82) is 0 Å². The molecule has 156 valence electrons. The number of benzene rings is 1. The van der Waals surface area contributed by atoms with Crippen molar-refractivity contribution in [1.82, 2.24) is 20.0 Å². The van der Waals surface area contributed by atoms with Crippen LogP contribution in [-0.2, 0) is 11.2 Å². The summed E-state index contributed by atoms with van der Waals surface area (Å²) in [5.41, 5.74) is 2.52. The van der Waals surface area contributed by atoms with E-state index in [-0.39, 0.29) is 36.3 Å². The number of hydrogen-bond donors (Lipinski definition) is 1. The topological polar surface area (TPSA) is 55.9 Å². The van der Waals surface area contributed by atoms with Crippen molar-refractivity contribution in [2.24, 2.45) is 5.92 Å². The van der Waals surface area contributed by atoms with Crippen LogP contribution in [0.2, 0.25) is 0 Å². The maximum Gasteiger partial charge on any atom is 0.319 e. The Kier molecular flexibility index (Phi) is 8.13. The van der Waals surface area contributed by atoms with E-state index in [9.17, 15) is 9.59 Å². The molecule has 0 aromatic heterocycles. The van der Waals surface area contributed by atoms with Crippen LogP contribution in [0, 0.1) is 5.92 Å². The van der Waals surface area contributed by atoms with Crippen molar-refractivity contribution in [2.75, 3.05) is 46.8 Å². The second-order valence-electron chi connectivity index (χ2n) is 7.79. The number of carbonyl (C=O) groups excluding carboxylic acids is 2. The van der Waals surface area contributed by atoms with E-state index < -0.39 is 0 Å². The first-order chi connectivity index (χ1) is 13.0. The van der Waals surface area contributed by atoms with Gasteiger partial charge in [-0.3, -0.25) is 4.79 Å². The number of aryl methyl sites for hydroxylation is 1. The van der Waals surface area contributed by atoms with Crippen LogP contribution in [0.5, 0.6) is 0 Å². The zero-order valence-electron chi connectivity index (χ0n) is 17.2. The number of rotatable bonds is 3. The zero-order chi connectivity index (χ0) is 19.4. The molecule has 0 bridgehead atoms. The fourth-order valence-corrected chi connectivity index (χ4v) is 4.08. The van der Waals surface area contributed by atoms with Crippen molar-refractivity contribution in [3.63, 3.8) is 0 Å². The van der Waals surface area contributed by atoms with Gasteiger partial charge in [0.15, 0.2) is 0 Å². The van der Waals surface area contributed by atoms with Crippen molar-refractivity contribution < 1.29 is 9.59 Å². The fraction of sp³-hybridized carbons (Fsp3) is 0.619. The number of nitrogens with one attached hydrogen (secondary N) is 1. The summed E-state index contributed by atoms with van der Waals surface area (Å²) in [6, 6.07) is 8.79. The molecule has 2 fully saturated rings. The normalized spacial score (nSPS) is 20.5. The number of nitrogens with zero attached hydrogens (tertiary/aromatic N) is 3. The maximum atomic E-state index is 13.3. The van der Waals surface area contributed by atoms with Gasteiger partial charge >= 0.3 is 6.03 Å². The summed E-state index contributed by atoms with van der Waals surface area (Å²) < 4.78 is 0. The van der Waals surface area contributed by atoms with Gasteiger partial charge in [0.05, 0.1) is 6.04 Å². The third-order valence-corrected chi connectivity index (χ3v) is 5.80. The number of piperidine rings is 1. The molecule has 0 saturated carbocycles. The van der Waals surface area contributed by atoms with Gasteiger partial charge in [0.25, 0.3) is 0 Å². The third kappa shape index (κ3) is 4.97. The van der Waals surface area contributed by atoms with Crippen LogP contribution in [0.15, 0.2) is 24.3 Å². The summed E-state index contributed by atoms with van der Waals surface area (Å²) in [6.45, 7) is 5.86. The SMILES string of the molecule is CCc1ccc(C2CNCCN2C(=O)C2CCN(C(=O)N(C)C)CC2)cc1.Cl. The maximum absolute atomic E-state index is 13.3. The zero-order valence-corrected chi connectivity index (χ0v) is 18.0. The molecule has 2 saturated heterocycles. The number of hydrogen-bond acceptors (Lipinski definition) is 3. The molecule has 6 nitrogen and oxygen atoms in total. The predicted octanol–water partition coefficient (Wildman–Crippen LogP) is 2.54.